The van der Waals surface area contributed by atoms with Crippen LogP contribution in [0.1, 0.15) is 33.1 Å². The number of hydrogen-bond acceptors (Lipinski definition) is 4. The Hall–Kier alpha value is 1.03. The maximum atomic E-state index is 8.22. The fraction of sp³-hybridized carbons (Fsp3) is 1.00. The minimum absolute atomic E-state index is 0.585. The average Bonchev–Trinajstić information content (AvgIpc) is 2.74. The minimum atomic E-state index is 0.585. The van der Waals surface area contributed by atoms with E-state index >= 15 is 0 Å². The average molecular weight is 418 g/mol. The van der Waals surface area contributed by atoms with Gasteiger partial charge in [0.2, 0.25) is 0 Å². The van der Waals surface area contributed by atoms with Crippen molar-refractivity contribution in [1.82, 2.24) is 4.90 Å². The summed E-state index contributed by atoms with van der Waals surface area (Å²) in [6.07, 6.45) is 3.79. The van der Waals surface area contributed by atoms with Crippen molar-refractivity contribution in [3.63, 3.8) is 0 Å². The molecular weight excluding hydrogens is 388 g/mol. The van der Waals surface area contributed by atoms with E-state index in [4.69, 9.17) is 16.1 Å². The van der Waals surface area contributed by atoms with Crippen LogP contribution in [0.5, 0.6) is 0 Å². The first-order valence-corrected chi connectivity index (χ1v) is 9.34. The van der Waals surface area contributed by atoms with Crippen LogP contribution in [0.4, 0.5) is 0 Å². The number of likely N-dealkylation sites (tertiary alicyclic amines) is 1. The molecule has 0 spiro atoms. The summed E-state index contributed by atoms with van der Waals surface area (Å²) in [5, 5.41) is 8.37. The maximum absolute atomic E-state index is 8.22. The molecule has 0 amide bonds. The zero-order valence-corrected chi connectivity index (χ0v) is 17.0. The Morgan fingerprint density at radius 3 is 2.19 bits per heavy atom. The van der Waals surface area contributed by atoms with Crippen molar-refractivity contribution in [2.45, 2.75) is 45.2 Å². The molecule has 1 fully saturated rings. The molecule has 1 aliphatic rings. The Labute approximate surface area is 152 Å². The molecule has 0 unspecified atom stereocenters. The Morgan fingerprint density at radius 2 is 1.76 bits per heavy atom. The number of nitrogens with zero attached hydrogens (tertiary/aromatic N) is 3. The summed E-state index contributed by atoms with van der Waals surface area (Å²) in [4.78, 5) is 2.56. The van der Waals surface area contributed by atoms with Crippen molar-refractivity contribution in [2.75, 3.05) is 44.7 Å². The number of hydrogen-bond donors (Lipinski definition) is 0. The summed E-state index contributed by atoms with van der Waals surface area (Å²) < 4.78 is 8.22. The number of rotatable bonds is 6. The van der Waals surface area contributed by atoms with E-state index in [0.29, 0.717) is 12.1 Å². The van der Waals surface area contributed by atoms with Crippen molar-refractivity contribution >= 4 is 25.3 Å². The molecule has 1 rings (SSSR count). The first-order chi connectivity index (χ1) is 10.2. The van der Waals surface area contributed by atoms with Gasteiger partial charge in [0.05, 0.1) is 0 Å². The van der Waals surface area contributed by atoms with Gasteiger partial charge in [-0.1, -0.05) is 12.8 Å². The van der Waals surface area contributed by atoms with Gasteiger partial charge in [0.1, 0.15) is 0 Å². The molecule has 1 aliphatic heterocycles. The molecule has 1 heterocycles. The summed E-state index contributed by atoms with van der Waals surface area (Å²) in [5.74, 6) is 1.54. The van der Waals surface area contributed by atoms with E-state index in [1.807, 2.05) is 0 Å². The van der Waals surface area contributed by atoms with E-state index in [1.54, 1.807) is 7.05 Å². The predicted molar refractivity (Wildman–Crippen MR) is 91.9 cm³/mol. The first kappa shape index (κ1) is 24.3. The zero-order chi connectivity index (χ0) is 16.5. The van der Waals surface area contributed by atoms with E-state index in [0.717, 1.165) is 43.5 Å². The molecule has 0 aliphatic carbocycles. The second-order valence-electron chi connectivity index (χ2n) is 5.07. The van der Waals surface area contributed by atoms with E-state index in [-0.39, 0.29) is 0 Å². The van der Waals surface area contributed by atoms with Gasteiger partial charge in [-0.05, 0) is 33.4 Å². The fourth-order valence-electron chi connectivity index (χ4n) is 2.13. The van der Waals surface area contributed by atoms with Crippen LogP contribution in [0, 0.1) is 0 Å². The molecule has 0 bridgehead atoms. The molecule has 0 aromatic heterocycles. The van der Waals surface area contributed by atoms with E-state index in [1.165, 1.54) is 32.4 Å². The molecule has 21 heavy (non-hydrogen) atoms. The Balaban J connectivity index is 0. The molecule has 125 valence electrons. The van der Waals surface area contributed by atoms with Gasteiger partial charge in [0, 0.05) is 6.04 Å². The van der Waals surface area contributed by atoms with Gasteiger partial charge in [-0.15, -0.1) is 6.04 Å². The van der Waals surface area contributed by atoms with Crippen LogP contribution in [-0.4, -0.2) is 61.7 Å². The normalized spacial score (nSPS) is 19.1. The molecule has 0 saturated carbocycles. The van der Waals surface area contributed by atoms with Gasteiger partial charge in [-0.25, -0.2) is 0 Å². The van der Waals surface area contributed by atoms with Crippen LogP contribution in [-0.2, 0) is 47.6 Å². The van der Waals surface area contributed by atoms with E-state index in [2.05, 4.69) is 42.0 Å². The van der Waals surface area contributed by atoms with Crippen LogP contribution in [0.2, 0.25) is 0 Å². The quantitative estimate of drug-likeness (QED) is 0.624. The van der Waals surface area contributed by atoms with Crippen molar-refractivity contribution in [1.29, 1.82) is 0 Å². The third kappa shape index (κ3) is 15.7. The van der Waals surface area contributed by atoms with Gasteiger partial charge in [-0.2, -0.15) is 31.6 Å². The molecule has 0 N–H and O–H groups in total. The van der Waals surface area contributed by atoms with Crippen LogP contribution in [0.3, 0.4) is 0 Å². The summed E-state index contributed by atoms with van der Waals surface area (Å²) in [6.45, 7) is 8.72. The molecule has 7 heteroatoms. The Bertz CT molecular complexity index is 213. The fourth-order valence-corrected chi connectivity index (χ4v) is 2.41. The molecule has 4 nitrogen and oxygen atoms in total. The second kappa shape index (κ2) is 19.1. The third-order valence-electron chi connectivity index (χ3n) is 3.26. The van der Waals surface area contributed by atoms with Crippen molar-refractivity contribution in [3.8, 4) is 0 Å². The van der Waals surface area contributed by atoms with E-state index in [9.17, 15) is 0 Å². The second-order valence-corrected chi connectivity index (χ2v) is 5.89. The van der Waals surface area contributed by atoms with Gasteiger partial charge in [-0.3, -0.25) is 0 Å². The monoisotopic (exact) mass is 416 g/mol. The zero-order valence-electron chi connectivity index (χ0n) is 13.5. The van der Waals surface area contributed by atoms with E-state index < -0.39 is 0 Å². The van der Waals surface area contributed by atoms with Crippen LogP contribution < -0.4 is 0 Å². The van der Waals surface area contributed by atoms with Crippen molar-refractivity contribution in [2.24, 2.45) is 0 Å². The summed E-state index contributed by atoms with van der Waals surface area (Å²) >= 11 is 10.4. The third-order valence-corrected chi connectivity index (χ3v) is 3.62. The SMILES string of the molecule is CC(C)N1CCC[C@H]([N-]CC[S-])CC1.C[N-]CC[S-].[O]=[Tc+4]. The molecular formula is C14H29N3OS2Tc. The summed E-state index contributed by atoms with van der Waals surface area (Å²) in [7, 11) is 1.77. The first-order valence-electron chi connectivity index (χ1n) is 7.43. The Morgan fingerprint density at radius 1 is 1.14 bits per heavy atom. The van der Waals surface area contributed by atoms with Crippen LogP contribution in [0.15, 0.2) is 0 Å². The van der Waals surface area contributed by atoms with Gasteiger partial charge in [0.15, 0.2) is 0 Å². The molecule has 1 atom stereocenters. The van der Waals surface area contributed by atoms with Crippen LogP contribution in [0.25, 0.3) is 10.6 Å². The van der Waals surface area contributed by atoms with Gasteiger partial charge >= 0.3 is 22.4 Å². The summed E-state index contributed by atoms with van der Waals surface area (Å²) in [5.41, 5.74) is 0. The molecule has 0 aromatic rings. The molecule has 0 radical (unpaired) electrons. The topological polar surface area (TPSA) is 48.5 Å². The van der Waals surface area contributed by atoms with Crippen molar-refractivity contribution in [3.05, 3.63) is 10.6 Å². The van der Waals surface area contributed by atoms with Gasteiger partial charge in [0.25, 0.3) is 0 Å². The standard InChI is InChI=1S/C11H23N2S.C3H8NS.O.Tc/c1-10(2)13-7-3-4-11(5-8-13)12-6-9-14;1-4-2-3-5;;/h10-11,14H,3-9H2,1-2H3;5H,2-3H2,1H3;;/q2*-1;;+4/p-2/t11-;;;/m0.../s1. The molecule has 1 saturated heterocycles. The van der Waals surface area contributed by atoms with Crippen molar-refractivity contribution < 1.29 is 22.4 Å². The van der Waals surface area contributed by atoms with Crippen LogP contribution >= 0.6 is 0 Å². The Kier molecular flexibility index (Phi) is 22.1. The van der Waals surface area contributed by atoms with Gasteiger partial charge < -0.3 is 40.8 Å². The molecule has 0 aromatic carbocycles. The predicted octanol–water partition coefficient (Wildman–Crippen LogP) is 2.59. The summed E-state index contributed by atoms with van der Waals surface area (Å²) in [6, 6.07) is 1.27.